The number of para-hydroxylation sites is 2. The summed E-state index contributed by atoms with van der Waals surface area (Å²) in [7, 11) is 0. The maximum atomic E-state index is 12.9. The second kappa shape index (κ2) is 8.91. The van der Waals surface area contributed by atoms with Gasteiger partial charge < -0.3 is 20.1 Å². The van der Waals surface area contributed by atoms with Crippen molar-refractivity contribution in [3.05, 3.63) is 60.7 Å². The zero-order valence-electron chi connectivity index (χ0n) is 16.0. The average molecular weight is 368 g/mol. The number of likely N-dealkylation sites (tertiary alicyclic amines) is 1. The summed E-state index contributed by atoms with van der Waals surface area (Å²) in [6.45, 7) is 4.88. The van der Waals surface area contributed by atoms with Crippen LogP contribution in [0.25, 0.3) is 0 Å². The molecule has 3 rings (SSSR count). The molecule has 0 aromatic heterocycles. The summed E-state index contributed by atoms with van der Waals surface area (Å²) in [6, 6.07) is 18.8. The molecule has 1 aliphatic heterocycles. The average Bonchev–Trinajstić information content (AvgIpc) is 3.09. The molecular formula is C22H28N2O3. The maximum Gasteiger partial charge on any atom is 0.240 e. The van der Waals surface area contributed by atoms with E-state index in [4.69, 9.17) is 15.2 Å². The molecule has 144 valence electrons. The minimum atomic E-state index is -0.514. The Balaban J connectivity index is 1.69. The summed E-state index contributed by atoms with van der Waals surface area (Å²) in [5, 5.41) is 0. The summed E-state index contributed by atoms with van der Waals surface area (Å²) in [4.78, 5) is 14.7. The molecule has 1 unspecified atom stereocenters. The molecular weight excluding hydrogens is 340 g/mol. The Morgan fingerprint density at radius 2 is 1.67 bits per heavy atom. The van der Waals surface area contributed by atoms with Gasteiger partial charge in [-0.25, -0.2) is 0 Å². The Hall–Kier alpha value is -2.53. The van der Waals surface area contributed by atoms with Crippen molar-refractivity contribution in [1.29, 1.82) is 0 Å². The molecule has 1 aliphatic rings. The van der Waals surface area contributed by atoms with Crippen molar-refractivity contribution in [3.63, 3.8) is 0 Å². The highest BCUT2D eigenvalue weighted by molar-refractivity contribution is 5.82. The molecule has 5 nitrogen and oxygen atoms in total. The molecule has 0 saturated carbocycles. The Kier molecular flexibility index (Phi) is 6.35. The molecule has 5 heteroatoms. The van der Waals surface area contributed by atoms with Crippen molar-refractivity contribution >= 4 is 5.91 Å². The molecule has 2 aromatic rings. The summed E-state index contributed by atoms with van der Waals surface area (Å²) in [5.74, 6) is 1.66. The number of benzene rings is 2. The van der Waals surface area contributed by atoms with E-state index in [1.165, 1.54) is 0 Å². The van der Waals surface area contributed by atoms with E-state index in [0.717, 1.165) is 17.9 Å². The lowest BCUT2D eigenvalue weighted by atomic mass is 10.0. The number of hydrogen-bond acceptors (Lipinski definition) is 4. The van der Waals surface area contributed by atoms with Gasteiger partial charge in [0.05, 0.1) is 18.6 Å². The van der Waals surface area contributed by atoms with Crippen molar-refractivity contribution in [2.75, 3.05) is 13.2 Å². The molecule has 0 radical (unpaired) electrons. The summed E-state index contributed by atoms with van der Waals surface area (Å²) in [6.07, 6.45) is 0.651. The van der Waals surface area contributed by atoms with Crippen LogP contribution < -0.4 is 15.2 Å². The number of nitrogens with two attached hydrogens (primary N) is 1. The van der Waals surface area contributed by atoms with E-state index in [1.807, 2.05) is 79.4 Å². The van der Waals surface area contributed by atoms with Crippen LogP contribution in [0.5, 0.6) is 11.5 Å². The molecule has 1 amide bonds. The molecule has 27 heavy (non-hydrogen) atoms. The van der Waals surface area contributed by atoms with Crippen LogP contribution in [0, 0.1) is 5.92 Å². The second-order valence-corrected chi connectivity index (χ2v) is 7.33. The fourth-order valence-electron chi connectivity index (χ4n) is 3.26. The van der Waals surface area contributed by atoms with Gasteiger partial charge in [-0.2, -0.15) is 0 Å². The van der Waals surface area contributed by atoms with Crippen molar-refractivity contribution in [1.82, 2.24) is 4.90 Å². The van der Waals surface area contributed by atoms with Crippen LogP contribution in [0.1, 0.15) is 20.3 Å². The van der Waals surface area contributed by atoms with E-state index < -0.39 is 6.04 Å². The Morgan fingerprint density at radius 3 is 2.26 bits per heavy atom. The summed E-state index contributed by atoms with van der Waals surface area (Å²) >= 11 is 0. The highest BCUT2D eigenvalue weighted by Crippen LogP contribution is 2.25. The van der Waals surface area contributed by atoms with Crippen LogP contribution in [-0.2, 0) is 4.79 Å². The summed E-state index contributed by atoms with van der Waals surface area (Å²) < 4.78 is 12.0. The molecule has 1 heterocycles. The predicted molar refractivity (Wildman–Crippen MR) is 106 cm³/mol. The van der Waals surface area contributed by atoms with Crippen molar-refractivity contribution in [2.24, 2.45) is 11.7 Å². The van der Waals surface area contributed by atoms with Gasteiger partial charge in [0.2, 0.25) is 5.91 Å². The SMILES string of the molecule is CC(C)C(N)C(=O)N1C[C@@H](Oc2ccccc2)C[C@H]1COc1ccccc1. The quantitative estimate of drug-likeness (QED) is 0.816. The fourth-order valence-corrected chi connectivity index (χ4v) is 3.26. The number of hydrogen-bond donors (Lipinski definition) is 1. The van der Waals surface area contributed by atoms with Gasteiger partial charge >= 0.3 is 0 Å². The molecule has 2 N–H and O–H groups in total. The van der Waals surface area contributed by atoms with E-state index in [2.05, 4.69) is 0 Å². The van der Waals surface area contributed by atoms with Gasteiger partial charge in [-0.05, 0) is 30.2 Å². The van der Waals surface area contributed by atoms with Gasteiger partial charge in [-0.1, -0.05) is 50.2 Å². The van der Waals surface area contributed by atoms with Gasteiger partial charge in [0.15, 0.2) is 0 Å². The normalized spacial score (nSPS) is 20.5. The van der Waals surface area contributed by atoms with Crippen molar-refractivity contribution < 1.29 is 14.3 Å². The highest BCUT2D eigenvalue weighted by Gasteiger charge is 2.39. The summed E-state index contributed by atoms with van der Waals surface area (Å²) in [5.41, 5.74) is 6.13. The minimum absolute atomic E-state index is 0.0363. The second-order valence-electron chi connectivity index (χ2n) is 7.33. The van der Waals surface area contributed by atoms with Crippen LogP contribution in [0.3, 0.4) is 0 Å². The third-order valence-corrected chi connectivity index (χ3v) is 4.89. The molecule has 2 aromatic carbocycles. The fraction of sp³-hybridized carbons (Fsp3) is 0.409. The lowest BCUT2D eigenvalue weighted by molar-refractivity contribution is -0.135. The van der Waals surface area contributed by atoms with Gasteiger partial charge in [-0.3, -0.25) is 4.79 Å². The number of rotatable bonds is 7. The minimum Gasteiger partial charge on any atom is -0.491 e. The Labute approximate surface area is 161 Å². The number of carbonyl (C=O) groups excluding carboxylic acids is 1. The van der Waals surface area contributed by atoms with Crippen molar-refractivity contribution in [3.8, 4) is 11.5 Å². The zero-order chi connectivity index (χ0) is 19.2. The van der Waals surface area contributed by atoms with E-state index in [1.54, 1.807) is 0 Å². The van der Waals surface area contributed by atoms with Crippen molar-refractivity contribution in [2.45, 2.75) is 38.5 Å². The lowest BCUT2D eigenvalue weighted by Gasteiger charge is -2.28. The number of amides is 1. The third kappa shape index (κ3) is 5.01. The van der Waals surface area contributed by atoms with Gasteiger partial charge in [0, 0.05) is 6.42 Å². The Bertz CT molecular complexity index is 721. The molecule has 1 fully saturated rings. The maximum absolute atomic E-state index is 12.9. The number of carbonyl (C=O) groups is 1. The monoisotopic (exact) mass is 368 g/mol. The molecule has 0 spiro atoms. The smallest absolute Gasteiger partial charge is 0.240 e. The van der Waals surface area contributed by atoms with E-state index in [-0.39, 0.29) is 24.0 Å². The van der Waals surface area contributed by atoms with Gasteiger partial charge in [0.25, 0.3) is 0 Å². The van der Waals surface area contributed by atoms with Crippen LogP contribution in [0.15, 0.2) is 60.7 Å². The molecule has 0 aliphatic carbocycles. The molecule has 0 bridgehead atoms. The first-order chi connectivity index (χ1) is 13.0. The predicted octanol–water partition coefficient (Wildman–Crippen LogP) is 3.10. The number of ether oxygens (including phenoxy) is 2. The van der Waals surface area contributed by atoms with Crippen LogP contribution >= 0.6 is 0 Å². The van der Waals surface area contributed by atoms with Crippen LogP contribution in [0.4, 0.5) is 0 Å². The highest BCUT2D eigenvalue weighted by atomic mass is 16.5. The Morgan fingerprint density at radius 1 is 1.07 bits per heavy atom. The van der Waals surface area contributed by atoms with E-state index in [9.17, 15) is 4.79 Å². The molecule has 1 saturated heterocycles. The topological polar surface area (TPSA) is 64.8 Å². The first kappa shape index (κ1) is 19.2. The molecule has 3 atom stereocenters. The first-order valence-electron chi connectivity index (χ1n) is 9.50. The van der Waals surface area contributed by atoms with E-state index >= 15 is 0 Å². The van der Waals surface area contributed by atoms with Gasteiger partial charge in [-0.15, -0.1) is 0 Å². The number of nitrogens with zero attached hydrogens (tertiary/aromatic N) is 1. The van der Waals surface area contributed by atoms with Crippen LogP contribution in [0.2, 0.25) is 0 Å². The third-order valence-electron chi connectivity index (χ3n) is 4.89. The van der Waals surface area contributed by atoms with Gasteiger partial charge in [0.1, 0.15) is 24.2 Å². The largest absolute Gasteiger partial charge is 0.491 e. The van der Waals surface area contributed by atoms with E-state index in [0.29, 0.717) is 13.2 Å². The lowest BCUT2D eigenvalue weighted by Crippen LogP contribution is -2.50. The zero-order valence-corrected chi connectivity index (χ0v) is 16.0. The first-order valence-corrected chi connectivity index (χ1v) is 9.50. The standard InChI is InChI=1S/C22H28N2O3/c1-16(2)21(23)22(25)24-14-20(27-19-11-7-4-8-12-19)13-17(24)15-26-18-9-5-3-6-10-18/h3-12,16-17,20-21H,13-15,23H2,1-2H3/t17-,20-,21?/m0/s1. The van der Waals surface area contributed by atoms with Crippen LogP contribution in [-0.4, -0.2) is 42.1 Å².